The summed E-state index contributed by atoms with van der Waals surface area (Å²) in [6, 6.07) is 11.6. The third-order valence-corrected chi connectivity index (χ3v) is 4.55. The number of benzene rings is 1. The molecule has 1 unspecified atom stereocenters. The van der Waals surface area contributed by atoms with Crippen molar-refractivity contribution in [1.82, 2.24) is 24.8 Å². The van der Waals surface area contributed by atoms with Crippen molar-refractivity contribution < 1.29 is 9.59 Å². The van der Waals surface area contributed by atoms with Gasteiger partial charge in [-0.2, -0.15) is 0 Å². The maximum Gasteiger partial charge on any atom is 0.255 e. The monoisotopic (exact) mass is 349 g/mol. The molecule has 4 rings (SSSR count). The van der Waals surface area contributed by atoms with Crippen LogP contribution in [0.15, 0.2) is 48.9 Å². The Bertz CT molecular complexity index is 966. The number of carbonyl (C=O) groups excluding carboxylic acids is 2. The molecule has 0 spiro atoms. The molecule has 1 saturated heterocycles. The molecule has 1 aromatic carbocycles. The number of hydrogen-bond donors (Lipinski definition) is 1. The summed E-state index contributed by atoms with van der Waals surface area (Å²) >= 11 is 0. The van der Waals surface area contributed by atoms with Crippen LogP contribution in [0.4, 0.5) is 0 Å². The fourth-order valence-corrected chi connectivity index (χ4v) is 3.33. The first kappa shape index (κ1) is 16.3. The molecule has 1 aliphatic heterocycles. The van der Waals surface area contributed by atoms with Gasteiger partial charge in [0, 0.05) is 37.9 Å². The summed E-state index contributed by atoms with van der Waals surface area (Å²) < 4.78 is 1.90. The predicted octanol–water partition coefficient (Wildman–Crippen LogP) is 1.77. The topological polar surface area (TPSA) is 80.1 Å². The average molecular weight is 349 g/mol. The molecule has 7 heteroatoms. The summed E-state index contributed by atoms with van der Waals surface area (Å²) in [4.78, 5) is 34.5. The Morgan fingerprint density at radius 3 is 2.77 bits per heavy atom. The third-order valence-electron chi connectivity index (χ3n) is 4.55. The first-order valence-electron chi connectivity index (χ1n) is 8.57. The van der Waals surface area contributed by atoms with Crippen LogP contribution < -0.4 is 5.32 Å². The maximum absolute atomic E-state index is 12.7. The molecule has 2 amide bonds. The number of nitrogens with zero attached hydrogens (tertiary/aromatic N) is 4. The molecule has 26 heavy (non-hydrogen) atoms. The van der Waals surface area contributed by atoms with Gasteiger partial charge in [-0.15, -0.1) is 0 Å². The Morgan fingerprint density at radius 1 is 1.19 bits per heavy atom. The van der Waals surface area contributed by atoms with Crippen LogP contribution in [0.1, 0.15) is 23.7 Å². The Morgan fingerprint density at radius 2 is 2.00 bits per heavy atom. The molecule has 7 nitrogen and oxygen atoms in total. The largest absolute Gasteiger partial charge is 0.352 e. The average Bonchev–Trinajstić information content (AvgIpc) is 3.27. The van der Waals surface area contributed by atoms with E-state index in [4.69, 9.17) is 0 Å². The van der Waals surface area contributed by atoms with E-state index in [9.17, 15) is 9.59 Å². The molecule has 1 atom stereocenters. The highest BCUT2D eigenvalue weighted by Crippen LogP contribution is 2.19. The third kappa shape index (κ3) is 3.03. The Kier molecular flexibility index (Phi) is 4.12. The minimum atomic E-state index is -0.0819. The van der Waals surface area contributed by atoms with Crippen molar-refractivity contribution in [1.29, 1.82) is 0 Å². The van der Waals surface area contributed by atoms with E-state index in [0.717, 1.165) is 12.1 Å². The fourth-order valence-electron chi connectivity index (χ4n) is 3.33. The van der Waals surface area contributed by atoms with E-state index in [0.29, 0.717) is 29.8 Å². The van der Waals surface area contributed by atoms with Gasteiger partial charge in [-0.05, 0) is 24.6 Å². The van der Waals surface area contributed by atoms with Crippen LogP contribution in [0.5, 0.6) is 0 Å². The van der Waals surface area contributed by atoms with Crippen molar-refractivity contribution in [3.05, 3.63) is 54.5 Å². The van der Waals surface area contributed by atoms with E-state index in [1.807, 2.05) is 34.9 Å². The van der Waals surface area contributed by atoms with Gasteiger partial charge in [-0.25, -0.2) is 9.97 Å². The summed E-state index contributed by atoms with van der Waals surface area (Å²) in [6.45, 7) is 2.64. The highest BCUT2D eigenvalue weighted by molar-refractivity contribution is 5.96. The lowest BCUT2D eigenvalue weighted by Crippen LogP contribution is -2.37. The van der Waals surface area contributed by atoms with Crippen LogP contribution in [0, 0.1) is 0 Å². The number of aromatic nitrogens is 3. The fraction of sp³-hybridized carbons (Fsp3) is 0.263. The van der Waals surface area contributed by atoms with Crippen LogP contribution in [-0.4, -0.2) is 50.4 Å². The van der Waals surface area contributed by atoms with Crippen molar-refractivity contribution >= 4 is 23.0 Å². The van der Waals surface area contributed by atoms with E-state index in [2.05, 4.69) is 15.3 Å². The first-order chi connectivity index (χ1) is 12.6. The Labute approximate surface area is 150 Å². The number of nitrogens with one attached hydrogen (secondary N) is 1. The highest BCUT2D eigenvalue weighted by atomic mass is 16.2. The molecule has 2 aromatic heterocycles. The lowest BCUT2D eigenvalue weighted by Gasteiger charge is -2.16. The van der Waals surface area contributed by atoms with Crippen molar-refractivity contribution in [2.75, 3.05) is 13.1 Å². The number of rotatable bonds is 3. The van der Waals surface area contributed by atoms with E-state index in [1.165, 1.54) is 6.92 Å². The number of likely N-dealkylation sites (tertiary alicyclic amines) is 1. The summed E-state index contributed by atoms with van der Waals surface area (Å²) in [5.74, 6) is -0.152. The molecule has 0 radical (unpaired) electrons. The number of para-hydroxylation sites is 1. The zero-order chi connectivity index (χ0) is 18.1. The molecule has 1 aliphatic rings. The normalized spacial score (nSPS) is 16.8. The van der Waals surface area contributed by atoms with Gasteiger partial charge in [0.05, 0.1) is 5.56 Å². The van der Waals surface area contributed by atoms with Gasteiger partial charge in [0.25, 0.3) is 5.91 Å². The van der Waals surface area contributed by atoms with Crippen LogP contribution >= 0.6 is 0 Å². The van der Waals surface area contributed by atoms with Gasteiger partial charge >= 0.3 is 0 Å². The second-order valence-corrected chi connectivity index (χ2v) is 6.45. The number of hydrogen-bond acceptors (Lipinski definition) is 4. The van der Waals surface area contributed by atoms with Gasteiger partial charge in [-0.3, -0.25) is 14.2 Å². The Balaban J connectivity index is 1.57. The molecule has 0 aliphatic carbocycles. The van der Waals surface area contributed by atoms with E-state index in [1.54, 1.807) is 23.5 Å². The van der Waals surface area contributed by atoms with Gasteiger partial charge in [-0.1, -0.05) is 18.2 Å². The molecule has 3 aromatic rings. The number of carbonyl (C=O) groups is 2. The van der Waals surface area contributed by atoms with Crippen LogP contribution in [0.3, 0.4) is 0 Å². The smallest absolute Gasteiger partial charge is 0.255 e. The van der Waals surface area contributed by atoms with Gasteiger partial charge < -0.3 is 10.2 Å². The maximum atomic E-state index is 12.7. The molecule has 3 heterocycles. The van der Waals surface area contributed by atoms with Gasteiger partial charge in [0.2, 0.25) is 5.91 Å². The zero-order valence-corrected chi connectivity index (χ0v) is 14.4. The van der Waals surface area contributed by atoms with Crippen LogP contribution in [0.2, 0.25) is 0 Å². The quantitative estimate of drug-likeness (QED) is 0.781. The molecule has 1 N–H and O–H groups in total. The molecular weight excluding hydrogens is 330 g/mol. The number of amides is 2. The number of pyridine rings is 1. The second kappa shape index (κ2) is 6.59. The highest BCUT2D eigenvalue weighted by Gasteiger charge is 2.27. The lowest BCUT2D eigenvalue weighted by atomic mass is 10.2. The SMILES string of the molecule is CC(=O)NC1CCN(C(=O)c2cnc3c(c2)ncn3-c2ccccc2)C1. The predicted molar refractivity (Wildman–Crippen MR) is 97.0 cm³/mol. The van der Waals surface area contributed by atoms with E-state index < -0.39 is 0 Å². The standard InChI is InChI=1S/C19H19N5O2/c1-13(25)22-15-7-8-23(11-15)19(26)14-9-17-18(20-10-14)24(12-21-17)16-5-3-2-4-6-16/h2-6,9-10,12,15H,7-8,11H2,1H3,(H,22,25). The molecule has 132 valence electrons. The summed E-state index contributed by atoms with van der Waals surface area (Å²) in [5.41, 5.74) is 2.88. The molecule has 1 fully saturated rings. The van der Waals surface area contributed by atoms with Gasteiger partial charge in [0.1, 0.15) is 11.8 Å². The van der Waals surface area contributed by atoms with E-state index >= 15 is 0 Å². The van der Waals surface area contributed by atoms with E-state index in [-0.39, 0.29) is 17.9 Å². The molecule has 0 bridgehead atoms. The molecular formula is C19H19N5O2. The Hall–Kier alpha value is -3.22. The second-order valence-electron chi connectivity index (χ2n) is 6.45. The van der Waals surface area contributed by atoms with Crippen LogP contribution in [0.25, 0.3) is 16.9 Å². The number of fused-ring (bicyclic) bond motifs is 1. The lowest BCUT2D eigenvalue weighted by molar-refractivity contribution is -0.119. The van der Waals surface area contributed by atoms with Gasteiger partial charge in [0.15, 0.2) is 5.65 Å². The van der Waals surface area contributed by atoms with Crippen molar-refractivity contribution in [3.8, 4) is 5.69 Å². The van der Waals surface area contributed by atoms with Crippen molar-refractivity contribution in [2.45, 2.75) is 19.4 Å². The minimum absolute atomic E-state index is 0.0189. The van der Waals surface area contributed by atoms with Crippen molar-refractivity contribution in [2.24, 2.45) is 0 Å². The van der Waals surface area contributed by atoms with Crippen LogP contribution in [-0.2, 0) is 4.79 Å². The zero-order valence-electron chi connectivity index (χ0n) is 14.4. The summed E-state index contributed by atoms with van der Waals surface area (Å²) in [5, 5.41) is 2.87. The minimum Gasteiger partial charge on any atom is -0.352 e. The summed E-state index contributed by atoms with van der Waals surface area (Å²) in [7, 11) is 0. The number of imidazole rings is 1. The van der Waals surface area contributed by atoms with Crippen molar-refractivity contribution in [3.63, 3.8) is 0 Å². The molecule has 0 saturated carbocycles. The summed E-state index contributed by atoms with van der Waals surface area (Å²) in [6.07, 6.45) is 4.07. The first-order valence-corrected chi connectivity index (χ1v) is 8.57.